The van der Waals surface area contributed by atoms with Crippen LogP contribution in [0.3, 0.4) is 0 Å². The number of hydrogen-bond donors (Lipinski definition) is 1. The van der Waals surface area contributed by atoms with Gasteiger partial charge in [-0.05, 0) is 67.1 Å². The fourth-order valence-electron chi connectivity index (χ4n) is 2.34. The molecule has 6 heteroatoms. The van der Waals surface area contributed by atoms with Gasteiger partial charge in [0.15, 0.2) is 0 Å². The molecule has 0 fully saturated rings. The zero-order valence-electron chi connectivity index (χ0n) is 15.1. The van der Waals surface area contributed by atoms with Crippen LogP contribution in [0.5, 0.6) is 5.75 Å². The molecule has 3 aromatic rings. The number of esters is 1. The Morgan fingerprint density at radius 3 is 2.36 bits per heavy atom. The Bertz CT molecular complexity index is 1010. The predicted octanol–water partition coefficient (Wildman–Crippen LogP) is 4.63. The molecule has 3 aromatic carbocycles. The fraction of sp³-hybridized carbons (Fsp3) is 0.0455. The van der Waals surface area contributed by atoms with Crippen LogP contribution in [0.15, 0.2) is 77.9 Å². The first-order valence-electron chi connectivity index (χ1n) is 8.49. The van der Waals surface area contributed by atoms with E-state index in [0.29, 0.717) is 21.9 Å². The molecule has 0 spiro atoms. The maximum atomic E-state index is 12.1. The second kappa shape index (κ2) is 8.97. The number of hydrazone groups is 1. The van der Waals surface area contributed by atoms with Gasteiger partial charge in [0.2, 0.25) is 0 Å². The molecule has 0 radical (unpaired) electrons. The second-order valence-corrected chi connectivity index (χ2v) is 6.47. The van der Waals surface area contributed by atoms with Crippen molar-refractivity contribution < 1.29 is 14.3 Å². The van der Waals surface area contributed by atoms with Crippen molar-refractivity contribution in [2.75, 3.05) is 0 Å². The molecule has 1 N–H and O–H groups in total. The van der Waals surface area contributed by atoms with Crippen LogP contribution in [0.4, 0.5) is 0 Å². The maximum absolute atomic E-state index is 12.1. The van der Waals surface area contributed by atoms with Gasteiger partial charge in [-0.1, -0.05) is 35.4 Å². The highest BCUT2D eigenvalue weighted by Gasteiger charge is 2.08. The summed E-state index contributed by atoms with van der Waals surface area (Å²) in [4.78, 5) is 24.1. The Morgan fingerprint density at radius 2 is 1.68 bits per heavy atom. The lowest BCUT2D eigenvalue weighted by molar-refractivity contribution is 0.0734. The highest BCUT2D eigenvalue weighted by molar-refractivity contribution is 6.30. The van der Waals surface area contributed by atoms with Crippen molar-refractivity contribution in [3.05, 3.63) is 100 Å². The van der Waals surface area contributed by atoms with Crippen LogP contribution >= 0.6 is 11.6 Å². The minimum atomic E-state index is -0.421. The van der Waals surface area contributed by atoms with E-state index < -0.39 is 5.97 Å². The number of hydrogen-bond acceptors (Lipinski definition) is 4. The lowest BCUT2D eigenvalue weighted by Gasteiger charge is -2.05. The van der Waals surface area contributed by atoms with Gasteiger partial charge >= 0.3 is 5.97 Å². The lowest BCUT2D eigenvalue weighted by Crippen LogP contribution is -2.17. The van der Waals surface area contributed by atoms with Gasteiger partial charge < -0.3 is 4.74 Å². The SMILES string of the molecule is Cc1ccc(C(=O)Oc2ccc(/C=N\NC(=O)c3cccc(Cl)c3)cc2)cc1. The summed E-state index contributed by atoms with van der Waals surface area (Å²) in [5.41, 5.74) is 5.15. The molecular formula is C22H17ClN2O3. The summed E-state index contributed by atoms with van der Waals surface area (Å²) in [6.07, 6.45) is 1.49. The molecule has 0 aromatic heterocycles. The Hall–Kier alpha value is -3.44. The van der Waals surface area contributed by atoms with Gasteiger partial charge in [0.05, 0.1) is 11.8 Å². The number of carbonyl (C=O) groups excluding carboxylic acids is 2. The zero-order chi connectivity index (χ0) is 19.9. The molecular weight excluding hydrogens is 376 g/mol. The van der Waals surface area contributed by atoms with E-state index in [1.54, 1.807) is 60.7 Å². The summed E-state index contributed by atoms with van der Waals surface area (Å²) in [6, 6.07) is 20.5. The van der Waals surface area contributed by atoms with Crippen molar-refractivity contribution in [3.63, 3.8) is 0 Å². The lowest BCUT2D eigenvalue weighted by atomic mass is 10.1. The molecule has 0 atom stereocenters. The highest BCUT2D eigenvalue weighted by atomic mass is 35.5. The topological polar surface area (TPSA) is 67.8 Å². The molecule has 3 rings (SSSR count). The summed E-state index contributed by atoms with van der Waals surface area (Å²) < 4.78 is 5.34. The van der Waals surface area contributed by atoms with E-state index in [0.717, 1.165) is 11.1 Å². The molecule has 0 saturated heterocycles. The van der Waals surface area contributed by atoms with E-state index in [4.69, 9.17) is 16.3 Å². The van der Waals surface area contributed by atoms with Crippen LogP contribution in [-0.4, -0.2) is 18.1 Å². The number of nitrogens with one attached hydrogen (secondary N) is 1. The Labute approximate surface area is 167 Å². The van der Waals surface area contributed by atoms with Gasteiger partial charge in [-0.3, -0.25) is 4.79 Å². The number of ether oxygens (including phenoxy) is 1. The van der Waals surface area contributed by atoms with E-state index in [-0.39, 0.29) is 5.91 Å². The van der Waals surface area contributed by atoms with Crippen LogP contribution in [0.1, 0.15) is 31.8 Å². The molecule has 0 aliphatic heterocycles. The number of benzene rings is 3. The molecule has 0 saturated carbocycles. The molecule has 1 amide bonds. The van der Waals surface area contributed by atoms with E-state index in [9.17, 15) is 9.59 Å². The monoisotopic (exact) mass is 392 g/mol. The van der Waals surface area contributed by atoms with Crippen molar-refractivity contribution in [3.8, 4) is 5.75 Å². The van der Waals surface area contributed by atoms with Gasteiger partial charge in [-0.15, -0.1) is 0 Å². The van der Waals surface area contributed by atoms with E-state index in [1.807, 2.05) is 19.1 Å². The third-order valence-corrected chi connectivity index (χ3v) is 4.08. The van der Waals surface area contributed by atoms with Crippen molar-refractivity contribution in [2.45, 2.75) is 6.92 Å². The van der Waals surface area contributed by atoms with Crippen molar-refractivity contribution in [1.82, 2.24) is 5.43 Å². The summed E-state index contributed by atoms with van der Waals surface area (Å²) in [5.74, 6) is -0.358. The van der Waals surface area contributed by atoms with Crippen LogP contribution in [0.2, 0.25) is 5.02 Å². The molecule has 0 heterocycles. The summed E-state index contributed by atoms with van der Waals surface area (Å²) in [6.45, 7) is 1.95. The Balaban J connectivity index is 1.56. The summed E-state index contributed by atoms with van der Waals surface area (Å²) >= 11 is 5.86. The fourth-order valence-corrected chi connectivity index (χ4v) is 2.53. The molecule has 5 nitrogen and oxygen atoms in total. The number of halogens is 1. The van der Waals surface area contributed by atoms with Crippen LogP contribution in [0.25, 0.3) is 0 Å². The van der Waals surface area contributed by atoms with E-state index >= 15 is 0 Å². The van der Waals surface area contributed by atoms with Crippen LogP contribution in [0, 0.1) is 6.92 Å². The van der Waals surface area contributed by atoms with Gasteiger partial charge in [-0.25, -0.2) is 10.2 Å². The van der Waals surface area contributed by atoms with Crippen molar-refractivity contribution >= 4 is 29.7 Å². The number of rotatable bonds is 5. The number of aryl methyl sites for hydroxylation is 1. The molecule has 0 bridgehead atoms. The number of carbonyl (C=O) groups is 2. The van der Waals surface area contributed by atoms with Gasteiger partial charge in [0, 0.05) is 10.6 Å². The summed E-state index contributed by atoms with van der Waals surface area (Å²) in [7, 11) is 0. The molecule has 0 aliphatic rings. The molecule has 28 heavy (non-hydrogen) atoms. The van der Waals surface area contributed by atoms with Gasteiger partial charge in [0.1, 0.15) is 5.75 Å². The average Bonchev–Trinajstić information content (AvgIpc) is 2.69. The van der Waals surface area contributed by atoms with Gasteiger partial charge in [-0.2, -0.15) is 5.10 Å². The predicted molar refractivity (Wildman–Crippen MR) is 109 cm³/mol. The Morgan fingerprint density at radius 1 is 0.964 bits per heavy atom. The summed E-state index contributed by atoms with van der Waals surface area (Å²) in [5, 5.41) is 4.40. The molecule has 0 unspecified atom stereocenters. The molecule has 0 aliphatic carbocycles. The Kier molecular flexibility index (Phi) is 6.19. The first kappa shape index (κ1) is 19.3. The second-order valence-electron chi connectivity index (χ2n) is 6.03. The molecule has 140 valence electrons. The third-order valence-electron chi connectivity index (χ3n) is 3.84. The van der Waals surface area contributed by atoms with Crippen molar-refractivity contribution in [2.24, 2.45) is 5.10 Å². The highest BCUT2D eigenvalue weighted by Crippen LogP contribution is 2.14. The normalized spacial score (nSPS) is 10.6. The van der Waals surface area contributed by atoms with E-state index in [2.05, 4.69) is 10.5 Å². The number of nitrogens with zero attached hydrogens (tertiary/aromatic N) is 1. The van der Waals surface area contributed by atoms with Crippen LogP contribution in [-0.2, 0) is 0 Å². The third kappa shape index (κ3) is 5.28. The first-order chi connectivity index (χ1) is 13.5. The zero-order valence-corrected chi connectivity index (χ0v) is 15.8. The minimum Gasteiger partial charge on any atom is -0.423 e. The maximum Gasteiger partial charge on any atom is 0.343 e. The number of amides is 1. The van der Waals surface area contributed by atoms with E-state index in [1.165, 1.54) is 6.21 Å². The minimum absolute atomic E-state index is 0.359. The average molecular weight is 393 g/mol. The smallest absolute Gasteiger partial charge is 0.343 e. The quantitative estimate of drug-likeness (QED) is 0.298. The van der Waals surface area contributed by atoms with Gasteiger partial charge in [0.25, 0.3) is 5.91 Å². The first-order valence-corrected chi connectivity index (χ1v) is 8.87. The standard InChI is InChI=1S/C22H17ClN2O3/c1-15-5-9-17(10-6-15)22(27)28-20-11-7-16(8-12-20)14-24-25-21(26)18-3-2-4-19(23)13-18/h2-14H,1H3,(H,25,26)/b24-14-. The van der Waals surface area contributed by atoms with Crippen molar-refractivity contribution in [1.29, 1.82) is 0 Å². The largest absolute Gasteiger partial charge is 0.423 e. The van der Waals surface area contributed by atoms with Crippen LogP contribution < -0.4 is 10.2 Å².